The molecule has 0 unspecified atom stereocenters. The molecule has 17 heavy (non-hydrogen) atoms. The van der Waals surface area contributed by atoms with E-state index in [1.54, 1.807) is 24.3 Å². The zero-order valence-corrected chi connectivity index (χ0v) is 9.96. The van der Waals surface area contributed by atoms with Gasteiger partial charge in [-0.25, -0.2) is 12.8 Å². The summed E-state index contributed by atoms with van der Waals surface area (Å²) in [5.74, 6) is -0.326. The first-order valence-electron chi connectivity index (χ1n) is 4.95. The van der Waals surface area contributed by atoms with Crippen molar-refractivity contribution >= 4 is 9.84 Å². The molecule has 0 saturated carbocycles. The van der Waals surface area contributed by atoms with Gasteiger partial charge in [-0.2, -0.15) is 0 Å². The van der Waals surface area contributed by atoms with E-state index in [1.807, 2.05) is 0 Å². The van der Waals surface area contributed by atoms with Crippen LogP contribution in [0.3, 0.4) is 0 Å². The first-order chi connectivity index (χ1) is 7.97. The monoisotopic (exact) mass is 249 g/mol. The minimum Gasteiger partial charge on any atom is -0.224 e. The van der Waals surface area contributed by atoms with Gasteiger partial charge in [0, 0.05) is 12.3 Å². The summed E-state index contributed by atoms with van der Waals surface area (Å²) in [6.45, 7) is 0. The van der Waals surface area contributed by atoms with E-state index in [9.17, 15) is 12.8 Å². The highest BCUT2D eigenvalue weighted by molar-refractivity contribution is 7.90. The van der Waals surface area contributed by atoms with Gasteiger partial charge >= 0.3 is 0 Å². The second-order valence-corrected chi connectivity index (χ2v) is 5.69. The van der Waals surface area contributed by atoms with Crippen molar-refractivity contribution in [2.75, 3.05) is 6.26 Å². The lowest BCUT2D eigenvalue weighted by Crippen LogP contribution is -1.97. The molecule has 0 fully saturated rings. The molecule has 0 bridgehead atoms. The Morgan fingerprint density at radius 1 is 1.06 bits per heavy atom. The highest BCUT2D eigenvalue weighted by Crippen LogP contribution is 2.21. The molecule has 0 aliphatic heterocycles. The summed E-state index contributed by atoms with van der Waals surface area (Å²) in [5.41, 5.74) is 1.37. The summed E-state index contributed by atoms with van der Waals surface area (Å²) < 4.78 is 35.5. The number of hydrogen-bond acceptors (Lipinski definition) is 2. The maximum Gasteiger partial charge on any atom is 0.176 e. The fourth-order valence-corrected chi connectivity index (χ4v) is 2.08. The van der Waals surface area contributed by atoms with Crippen molar-refractivity contribution in [1.29, 1.82) is 0 Å². The van der Waals surface area contributed by atoms with Gasteiger partial charge in [-0.05, 0) is 29.3 Å². The van der Waals surface area contributed by atoms with Crippen LogP contribution in [-0.4, -0.2) is 14.7 Å². The van der Waals surface area contributed by atoms with Crippen molar-refractivity contribution in [2.24, 2.45) is 0 Å². The Hall–Kier alpha value is -1.68. The Labute approximate surface area is 99.6 Å². The summed E-state index contributed by atoms with van der Waals surface area (Å²) >= 11 is 0. The predicted octanol–water partition coefficient (Wildman–Crippen LogP) is 2.70. The van der Waals surface area contributed by atoms with Crippen LogP contribution in [0.4, 0.5) is 4.39 Å². The second-order valence-electron chi connectivity index (χ2n) is 3.71. The third-order valence-electron chi connectivity index (χ3n) is 2.32. The summed E-state index contributed by atoms with van der Waals surface area (Å²) in [7, 11) is -3.27. The Balaban J connectivity index is 2.50. The third-order valence-corrected chi connectivity index (χ3v) is 3.36. The number of hydrogen-bond donors (Lipinski definition) is 0. The van der Waals surface area contributed by atoms with Crippen LogP contribution in [0.25, 0.3) is 11.1 Å². The molecule has 0 heterocycles. The van der Waals surface area contributed by atoms with E-state index in [1.165, 1.54) is 18.2 Å². The maximum atomic E-state index is 12.8. The van der Waals surface area contributed by atoms with Gasteiger partial charge in [0.15, 0.2) is 9.84 Å². The second kappa shape index (κ2) is 4.30. The zero-order chi connectivity index (χ0) is 12.5. The molecule has 0 aromatic heterocycles. The number of benzene rings is 2. The van der Waals surface area contributed by atoms with E-state index < -0.39 is 9.84 Å². The highest BCUT2D eigenvalue weighted by Gasteiger charge is 2.08. The SMILES string of the molecule is CS(=O)(=O)c1[c]c(-c2ccc(F)cc2)ccc1. The quantitative estimate of drug-likeness (QED) is 0.820. The van der Waals surface area contributed by atoms with Gasteiger partial charge in [-0.3, -0.25) is 0 Å². The molecule has 2 nitrogen and oxygen atoms in total. The Morgan fingerprint density at radius 2 is 1.71 bits per heavy atom. The molecule has 1 radical (unpaired) electrons. The largest absolute Gasteiger partial charge is 0.224 e. The minimum atomic E-state index is -3.27. The van der Waals surface area contributed by atoms with Crippen LogP contribution in [0.1, 0.15) is 0 Å². The molecule has 2 rings (SSSR count). The van der Waals surface area contributed by atoms with Crippen molar-refractivity contribution < 1.29 is 12.8 Å². The molecular weight excluding hydrogens is 239 g/mol. The van der Waals surface area contributed by atoms with Crippen LogP contribution < -0.4 is 0 Å². The molecule has 4 heteroatoms. The molecule has 2 aromatic carbocycles. The summed E-state index contributed by atoms with van der Waals surface area (Å²) in [6, 6.07) is 13.5. The minimum absolute atomic E-state index is 0.138. The van der Waals surface area contributed by atoms with Gasteiger partial charge in [-0.15, -0.1) is 0 Å². The van der Waals surface area contributed by atoms with Crippen LogP contribution in [0.5, 0.6) is 0 Å². The summed E-state index contributed by atoms with van der Waals surface area (Å²) in [4.78, 5) is 0.138. The van der Waals surface area contributed by atoms with E-state index in [0.717, 1.165) is 11.8 Å². The fourth-order valence-electron chi connectivity index (χ4n) is 1.46. The molecule has 0 amide bonds. The number of halogens is 1. The molecule has 0 atom stereocenters. The standard InChI is InChI=1S/C13H10FO2S/c1-17(15,16)13-4-2-3-11(9-13)10-5-7-12(14)8-6-10/h2-8H,1H3. The number of sulfone groups is 1. The zero-order valence-electron chi connectivity index (χ0n) is 9.14. The van der Waals surface area contributed by atoms with Gasteiger partial charge in [0.05, 0.1) is 4.90 Å². The van der Waals surface area contributed by atoms with Crippen molar-refractivity contribution in [1.82, 2.24) is 0 Å². The van der Waals surface area contributed by atoms with Gasteiger partial charge in [-0.1, -0.05) is 24.3 Å². The summed E-state index contributed by atoms with van der Waals surface area (Å²) in [5, 5.41) is 0. The Kier molecular flexibility index (Phi) is 2.98. The molecule has 0 aliphatic carbocycles. The molecule has 0 N–H and O–H groups in total. The predicted molar refractivity (Wildman–Crippen MR) is 63.8 cm³/mol. The molecule has 0 saturated heterocycles. The molecule has 0 aliphatic rings. The van der Waals surface area contributed by atoms with E-state index in [-0.39, 0.29) is 10.7 Å². The molecule has 2 aromatic rings. The first kappa shape index (κ1) is 11.8. The smallest absolute Gasteiger partial charge is 0.176 e. The van der Waals surface area contributed by atoms with E-state index >= 15 is 0 Å². The lowest BCUT2D eigenvalue weighted by Gasteiger charge is -2.03. The van der Waals surface area contributed by atoms with Gasteiger partial charge in [0.25, 0.3) is 0 Å². The van der Waals surface area contributed by atoms with E-state index in [0.29, 0.717) is 5.56 Å². The fraction of sp³-hybridized carbons (Fsp3) is 0.0769. The average molecular weight is 249 g/mol. The molecule has 0 spiro atoms. The van der Waals surface area contributed by atoms with Crippen molar-refractivity contribution in [3.05, 3.63) is 54.3 Å². The van der Waals surface area contributed by atoms with Crippen LogP contribution in [0.15, 0.2) is 47.4 Å². The van der Waals surface area contributed by atoms with Gasteiger partial charge in [0.1, 0.15) is 5.82 Å². The lowest BCUT2D eigenvalue weighted by atomic mass is 10.1. The third kappa shape index (κ3) is 2.71. The highest BCUT2D eigenvalue weighted by atomic mass is 32.2. The van der Waals surface area contributed by atoms with Crippen LogP contribution in [0.2, 0.25) is 0 Å². The first-order valence-corrected chi connectivity index (χ1v) is 6.84. The average Bonchev–Trinajstić information content (AvgIpc) is 2.29. The maximum absolute atomic E-state index is 12.8. The van der Waals surface area contributed by atoms with Crippen LogP contribution in [0, 0.1) is 11.9 Å². The topological polar surface area (TPSA) is 34.1 Å². The summed E-state index contributed by atoms with van der Waals surface area (Å²) in [6.07, 6.45) is 1.13. The van der Waals surface area contributed by atoms with Gasteiger partial charge < -0.3 is 0 Å². The van der Waals surface area contributed by atoms with Crippen molar-refractivity contribution in [3.8, 4) is 11.1 Å². The van der Waals surface area contributed by atoms with E-state index in [2.05, 4.69) is 6.07 Å². The van der Waals surface area contributed by atoms with Crippen molar-refractivity contribution in [3.63, 3.8) is 0 Å². The molecular formula is C13H10FO2S. The molecule has 87 valence electrons. The number of rotatable bonds is 2. The van der Waals surface area contributed by atoms with Gasteiger partial charge in [0.2, 0.25) is 0 Å². The van der Waals surface area contributed by atoms with E-state index in [4.69, 9.17) is 0 Å². The lowest BCUT2D eigenvalue weighted by molar-refractivity contribution is 0.601. The Bertz CT molecular complexity index is 631. The Morgan fingerprint density at radius 3 is 2.29 bits per heavy atom. The normalized spacial score (nSPS) is 11.4. The van der Waals surface area contributed by atoms with Crippen LogP contribution >= 0.6 is 0 Å². The van der Waals surface area contributed by atoms with Crippen molar-refractivity contribution in [2.45, 2.75) is 4.90 Å². The van der Waals surface area contributed by atoms with Crippen LogP contribution in [-0.2, 0) is 9.84 Å².